The average molecular weight is 472 g/mol. The fourth-order valence-corrected chi connectivity index (χ4v) is 5.62. The predicted octanol–water partition coefficient (Wildman–Crippen LogP) is 4.18. The Hall–Kier alpha value is -3.17. The molecule has 0 bridgehead atoms. The predicted molar refractivity (Wildman–Crippen MR) is 128 cm³/mol. The zero-order valence-electron chi connectivity index (χ0n) is 18.3. The van der Waals surface area contributed by atoms with Gasteiger partial charge in [0.1, 0.15) is 9.77 Å². The van der Waals surface area contributed by atoms with Crippen molar-refractivity contribution in [3.05, 3.63) is 75.5 Å². The maximum atomic E-state index is 13.0. The molecule has 32 heavy (non-hydrogen) atoms. The fourth-order valence-electron chi connectivity index (χ4n) is 3.15. The van der Waals surface area contributed by atoms with E-state index in [0.29, 0.717) is 11.4 Å². The van der Waals surface area contributed by atoms with Gasteiger partial charge in [0, 0.05) is 18.4 Å². The number of likely N-dealkylation sites (N-methyl/N-ethyl adjacent to an activating group) is 1. The molecule has 0 atom stereocenters. The lowest BCUT2D eigenvalue weighted by Gasteiger charge is -2.18. The van der Waals surface area contributed by atoms with Gasteiger partial charge in [-0.2, -0.15) is 0 Å². The maximum absolute atomic E-state index is 13.0. The molecule has 9 heteroatoms. The summed E-state index contributed by atoms with van der Waals surface area (Å²) in [5, 5.41) is 4.37. The first-order valence-corrected chi connectivity index (χ1v) is 12.2. The van der Waals surface area contributed by atoms with Gasteiger partial charge < -0.3 is 10.2 Å². The van der Waals surface area contributed by atoms with Crippen LogP contribution in [0.15, 0.2) is 58.8 Å². The molecular formula is C23H25N3O4S2. The molecule has 7 nitrogen and oxygen atoms in total. The van der Waals surface area contributed by atoms with Crippen molar-refractivity contribution in [3.8, 4) is 0 Å². The maximum Gasteiger partial charge on any atom is 0.265 e. The molecule has 3 rings (SSSR count). The van der Waals surface area contributed by atoms with Gasteiger partial charge in [0.25, 0.3) is 15.9 Å². The van der Waals surface area contributed by atoms with Crippen molar-refractivity contribution in [1.29, 1.82) is 0 Å². The summed E-state index contributed by atoms with van der Waals surface area (Å²) in [5.41, 5.74) is 3.95. The summed E-state index contributed by atoms with van der Waals surface area (Å²) in [4.78, 5) is 26.6. The van der Waals surface area contributed by atoms with E-state index in [2.05, 4.69) is 10.0 Å². The molecule has 0 radical (unpaired) electrons. The second-order valence-electron chi connectivity index (χ2n) is 7.56. The lowest BCUT2D eigenvalue weighted by atomic mass is 10.1. The Balaban J connectivity index is 1.73. The van der Waals surface area contributed by atoms with Gasteiger partial charge in [-0.15, -0.1) is 11.3 Å². The van der Waals surface area contributed by atoms with Gasteiger partial charge in [-0.3, -0.25) is 14.3 Å². The molecule has 1 aromatic heterocycles. The second-order valence-corrected chi connectivity index (χ2v) is 10.1. The summed E-state index contributed by atoms with van der Waals surface area (Å²) in [6.07, 6.45) is 0. The SMILES string of the molecule is Cc1ccc(NS(=O)(=O)c2ccsc2C(=O)N(C)CC(=O)Nc2c(C)cccc2C)cc1. The number of carbonyl (C=O) groups is 2. The number of amides is 2. The van der Waals surface area contributed by atoms with E-state index >= 15 is 0 Å². The highest BCUT2D eigenvalue weighted by molar-refractivity contribution is 7.93. The Morgan fingerprint density at radius 1 is 0.969 bits per heavy atom. The minimum absolute atomic E-state index is 0.0481. The monoisotopic (exact) mass is 471 g/mol. The number of benzene rings is 2. The fraction of sp³-hybridized carbons (Fsp3) is 0.217. The van der Waals surface area contributed by atoms with E-state index in [1.165, 1.54) is 18.0 Å². The van der Waals surface area contributed by atoms with Crippen molar-refractivity contribution in [2.24, 2.45) is 0 Å². The van der Waals surface area contributed by atoms with Crippen LogP contribution in [0, 0.1) is 20.8 Å². The molecule has 0 spiro atoms. The van der Waals surface area contributed by atoms with E-state index in [0.717, 1.165) is 28.0 Å². The van der Waals surface area contributed by atoms with Crippen molar-refractivity contribution in [3.63, 3.8) is 0 Å². The standard InChI is InChI=1S/C23H25N3O4S2/c1-15-8-10-18(11-9-15)25-32(29,30)19-12-13-31-22(19)23(28)26(4)14-20(27)24-21-16(2)6-5-7-17(21)3/h5-13,25H,14H2,1-4H3,(H,24,27). The van der Waals surface area contributed by atoms with Gasteiger partial charge in [-0.05, 0) is 55.5 Å². The van der Waals surface area contributed by atoms with Gasteiger partial charge in [-0.1, -0.05) is 35.9 Å². The van der Waals surface area contributed by atoms with Crippen LogP contribution in [-0.2, 0) is 14.8 Å². The molecule has 0 saturated carbocycles. The number of nitrogens with zero attached hydrogens (tertiary/aromatic N) is 1. The molecule has 2 amide bonds. The Morgan fingerprint density at radius 3 is 2.22 bits per heavy atom. The van der Waals surface area contributed by atoms with Crippen molar-refractivity contribution in [2.75, 3.05) is 23.6 Å². The molecule has 0 saturated heterocycles. The molecular weight excluding hydrogens is 446 g/mol. The Labute approximate surface area is 192 Å². The summed E-state index contributed by atoms with van der Waals surface area (Å²) in [5.74, 6) is -0.905. The van der Waals surface area contributed by atoms with E-state index in [1.54, 1.807) is 29.6 Å². The number of sulfonamides is 1. The molecule has 0 unspecified atom stereocenters. The number of nitrogens with one attached hydrogen (secondary N) is 2. The number of para-hydroxylation sites is 1. The largest absolute Gasteiger partial charge is 0.332 e. The van der Waals surface area contributed by atoms with Crippen LogP contribution in [-0.4, -0.2) is 38.7 Å². The van der Waals surface area contributed by atoms with Crippen LogP contribution in [0.25, 0.3) is 0 Å². The summed E-state index contributed by atoms with van der Waals surface area (Å²) in [7, 11) is -2.50. The third-order valence-corrected chi connectivity index (χ3v) is 7.34. The second kappa shape index (κ2) is 9.54. The minimum Gasteiger partial charge on any atom is -0.332 e. The number of rotatable bonds is 7. The quantitative estimate of drug-likeness (QED) is 0.540. The van der Waals surface area contributed by atoms with E-state index < -0.39 is 15.9 Å². The van der Waals surface area contributed by atoms with Crippen LogP contribution in [0.4, 0.5) is 11.4 Å². The number of hydrogen-bond acceptors (Lipinski definition) is 5. The van der Waals surface area contributed by atoms with Crippen LogP contribution in [0.1, 0.15) is 26.4 Å². The number of carbonyl (C=O) groups excluding carboxylic acids is 2. The van der Waals surface area contributed by atoms with Crippen molar-refractivity contribution in [1.82, 2.24) is 4.90 Å². The highest BCUT2D eigenvalue weighted by atomic mass is 32.2. The Bertz CT molecular complexity index is 1230. The lowest BCUT2D eigenvalue weighted by molar-refractivity contribution is -0.116. The van der Waals surface area contributed by atoms with Crippen LogP contribution < -0.4 is 10.0 Å². The van der Waals surface area contributed by atoms with Crippen LogP contribution in [0.5, 0.6) is 0 Å². The van der Waals surface area contributed by atoms with Crippen molar-refractivity contribution >= 4 is 44.5 Å². The van der Waals surface area contributed by atoms with Gasteiger partial charge in [0.05, 0.1) is 6.54 Å². The molecule has 1 heterocycles. The zero-order valence-corrected chi connectivity index (χ0v) is 19.9. The number of aryl methyl sites for hydroxylation is 3. The summed E-state index contributed by atoms with van der Waals surface area (Å²) < 4.78 is 28.3. The van der Waals surface area contributed by atoms with Gasteiger partial charge in [-0.25, -0.2) is 8.42 Å². The molecule has 2 aromatic carbocycles. The molecule has 0 aliphatic rings. The average Bonchev–Trinajstić information content (AvgIpc) is 3.23. The number of anilines is 2. The van der Waals surface area contributed by atoms with E-state index in [1.807, 2.05) is 39.0 Å². The highest BCUT2D eigenvalue weighted by Crippen LogP contribution is 2.26. The van der Waals surface area contributed by atoms with Gasteiger partial charge >= 0.3 is 0 Å². The smallest absolute Gasteiger partial charge is 0.265 e. The summed E-state index contributed by atoms with van der Waals surface area (Å²) in [6.45, 7) is 5.47. The van der Waals surface area contributed by atoms with Crippen LogP contribution in [0.3, 0.4) is 0 Å². The molecule has 168 valence electrons. The molecule has 0 aliphatic heterocycles. The van der Waals surface area contributed by atoms with Crippen molar-refractivity contribution < 1.29 is 18.0 Å². The Kier molecular flexibility index (Phi) is 7.00. The molecule has 2 N–H and O–H groups in total. The van der Waals surface area contributed by atoms with Gasteiger partial charge in [0.15, 0.2) is 0 Å². The molecule has 3 aromatic rings. The number of thiophene rings is 1. The van der Waals surface area contributed by atoms with Gasteiger partial charge in [0.2, 0.25) is 5.91 Å². The van der Waals surface area contributed by atoms with E-state index in [9.17, 15) is 18.0 Å². The first-order valence-electron chi connectivity index (χ1n) is 9.87. The highest BCUT2D eigenvalue weighted by Gasteiger charge is 2.27. The van der Waals surface area contributed by atoms with E-state index in [4.69, 9.17) is 0 Å². The van der Waals surface area contributed by atoms with Crippen LogP contribution >= 0.6 is 11.3 Å². The number of hydrogen-bond donors (Lipinski definition) is 2. The first-order chi connectivity index (χ1) is 15.1. The van der Waals surface area contributed by atoms with Crippen molar-refractivity contribution in [2.45, 2.75) is 25.7 Å². The third-order valence-electron chi connectivity index (χ3n) is 4.89. The molecule has 0 fully saturated rings. The minimum atomic E-state index is -3.97. The Morgan fingerprint density at radius 2 is 1.59 bits per heavy atom. The topological polar surface area (TPSA) is 95.6 Å². The van der Waals surface area contributed by atoms with E-state index in [-0.39, 0.29) is 22.2 Å². The van der Waals surface area contributed by atoms with Crippen LogP contribution in [0.2, 0.25) is 0 Å². The third kappa shape index (κ3) is 5.35. The summed E-state index contributed by atoms with van der Waals surface area (Å²) >= 11 is 1.02. The normalized spacial score (nSPS) is 11.1. The summed E-state index contributed by atoms with van der Waals surface area (Å²) in [6, 6.07) is 14.0. The lowest BCUT2D eigenvalue weighted by Crippen LogP contribution is -2.35. The first kappa shape index (κ1) is 23.5. The molecule has 0 aliphatic carbocycles. The zero-order chi connectivity index (χ0) is 23.5.